The molecule has 0 spiro atoms. The first-order chi connectivity index (χ1) is 9.38. The second-order valence-corrected chi connectivity index (χ2v) is 5.97. The fourth-order valence-corrected chi connectivity index (χ4v) is 3.55. The lowest BCUT2D eigenvalue weighted by Crippen LogP contribution is -2.03. The van der Waals surface area contributed by atoms with Gasteiger partial charge in [0.15, 0.2) is 5.82 Å². The molecule has 1 atom stereocenters. The van der Waals surface area contributed by atoms with Crippen LogP contribution in [0.1, 0.15) is 29.5 Å². The van der Waals surface area contributed by atoms with Crippen LogP contribution in [0.25, 0.3) is 11.5 Å². The summed E-state index contributed by atoms with van der Waals surface area (Å²) in [4.78, 5) is 4.57. The highest BCUT2D eigenvalue weighted by Crippen LogP contribution is 2.39. The number of hydrogen-bond donors (Lipinski definition) is 1. The molecule has 1 aliphatic rings. The van der Waals surface area contributed by atoms with E-state index in [1.807, 2.05) is 30.0 Å². The summed E-state index contributed by atoms with van der Waals surface area (Å²) >= 11 is 1.91. The van der Waals surface area contributed by atoms with Gasteiger partial charge in [-0.2, -0.15) is 16.7 Å². The second-order valence-electron chi connectivity index (χ2n) is 4.66. The third-order valence-electron chi connectivity index (χ3n) is 3.32. The molecule has 0 radical (unpaired) electrons. The molecule has 3 rings (SSSR count). The minimum absolute atomic E-state index is 0.402. The van der Waals surface area contributed by atoms with E-state index < -0.39 is 0 Å². The average Bonchev–Trinajstić information content (AvgIpc) is 3.11. The van der Waals surface area contributed by atoms with E-state index >= 15 is 0 Å². The van der Waals surface area contributed by atoms with Gasteiger partial charge in [0.2, 0.25) is 0 Å². The number of thioether (sulfide) groups is 1. The van der Waals surface area contributed by atoms with Gasteiger partial charge in [-0.25, -0.2) is 0 Å². The summed E-state index contributed by atoms with van der Waals surface area (Å²) < 4.78 is 5.43. The van der Waals surface area contributed by atoms with E-state index in [0.29, 0.717) is 17.7 Å². The van der Waals surface area contributed by atoms with Gasteiger partial charge in [0.1, 0.15) is 0 Å². The van der Waals surface area contributed by atoms with Gasteiger partial charge >= 0.3 is 0 Å². The molecule has 100 valence electrons. The van der Waals surface area contributed by atoms with Crippen LogP contribution in [-0.4, -0.2) is 22.4 Å². The van der Waals surface area contributed by atoms with Crippen molar-refractivity contribution >= 4 is 11.8 Å². The molecule has 2 N–H and O–H groups in total. The quantitative estimate of drug-likeness (QED) is 0.929. The number of aromatic nitrogens is 2. The predicted octanol–water partition coefficient (Wildman–Crippen LogP) is 2.81. The minimum atomic E-state index is 0.402. The van der Waals surface area contributed by atoms with Crippen molar-refractivity contribution in [2.24, 2.45) is 5.73 Å². The van der Waals surface area contributed by atoms with E-state index in [1.54, 1.807) is 0 Å². The largest absolute Gasteiger partial charge is 0.334 e. The van der Waals surface area contributed by atoms with Gasteiger partial charge in [-0.1, -0.05) is 23.4 Å². The van der Waals surface area contributed by atoms with Crippen LogP contribution in [0.2, 0.25) is 0 Å². The smallest absolute Gasteiger partial charge is 0.258 e. The van der Waals surface area contributed by atoms with Crippen LogP contribution >= 0.6 is 11.8 Å². The Bertz CT molecular complexity index is 549. The highest BCUT2D eigenvalue weighted by molar-refractivity contribution is 7.99. The molecular weight excluding hydrogens is 258 g/mol. The maximum absolute atomic E-state index is 5.64. The van der Waals surface area contributed by atoms with Crippen molar-refractivity contribution < 1.29 is 4.52 Å². The van der Waals surface area contributed by atoms with Crippen LogP contribution in [0, 0.1) is 0 Å². The SMILES string of the molecule is NCCc1ccccc1-c1nc(C2CCCS2)no1. The van der Waals surface area contributed by atoms with Crippen LogP contribution < -0.4 is 5.73 Å². The Morgan fingerprint density at radius 3 is 3.05 bits per heavy atom. The zero-order valence-corrected chi connectivity index (χ0v) is 11.5. The zero-order valence-electron chi connectivity index (χ0n) is 10.7. The van der Waals surface area contributed by atoms with Crippen molar-refractivity contribution in [2.75, 3.05) is 12.3 Å². The maximum atomic E-state index is 5.64. The van der Waals surface area contributed by atoms with Gasteiger partial charge in [-0.05, 0) is 43.2 Å². The van der Waals surface area contributed by atoms with E-state index in [2.05, 4.69) is 16.2 Å². The molecule has 0 saturated carbocycles. The van der Waals surface area contributed by atoms with Crippen LogP contribution in [0.4, 0.5) is 0 Å². The Morgan fingerprint density at radius 1 is 1.37 bits per heavy atom. The zero-order chi connectivity index (χ0) is 13.1. The number of nitrogens with zero attached hydrogens (tertiary/aromatic N) is 2. The molecular formula is C14H17N3OS. The third-order valence-corrected chi connectivity index (χ3v) is 4.69. The Labute approximate surface area is 116 Å². The lowest BCUT2D eigenvalue weighted by Gasteiger charge is -2.03. The van der Waals surface area contributed by atoms with Crippen molar-refractivity contribution in [1.82, 2.24) is 10.1 Å². The number of hydrogen-bond acceptors (Lipinski definition) is 5. The summed E-state index contributed by atoms with van der Waals surface area (Å²) in [6.45, 7) is 0.622. The third kappa shape index (κ3) is 2.67. The van der Waals surface area contributed by atoms with Crippen LogP contribution in [-0.2, 0) is 6.42 Å². The Kier molecular flexibility index (Phi) is 3.84. The molecule has 1 aromatic carbocycles. The van der Waals surface area contributed by atoms with Crippen molar-refractivity contribution in [3.8, 4) is 11.5 Å². The number of benzene rings is 1. The monoisotopic (exact) mass is 275 g/mol. The van der Waals surface area contributed by atoms with Crippen LogP contribution in [0.3, 0.4) is 0 Å². The summed E-state index contributed by atoms with van der Waals surface area (Å²) in [5.74, 6) is 2.64. The molecule has 19 heavy (non-hydrogen) atoms. The van der Waals surface area contributed by atoms with E-state index in [0.717, 1.165) is 24.2 Å². The first kappa shape index (κ1) is 12.7. The average molecular weight is 275 g/mol. The predicted molar refractivity (Wildman–Crippen MR) is 76.9 cm³/mol. The van der Waals surface area contributed by atoms with Crippen molar-refractivity contribution in [3.63, 3.8) is 0 Å². The molecule has 1 aromatic heterocycles. The molecule has 2 aromatic rings. The van der Waals surface area contributed by atoms with Gasteiger partial charge in [-0.3, -0.25) is 0 Å². The Hall–Kier alpha value is -1.33. The van der Waals surface area contributed by atoms with E-state index in [4.69, 9.17) is 10.3 Å². The second kappa shape index (κ2) is 5.75. The first-order valence-corrected chi connectivity index (χ1v) is 7.67. The van der Waals surface area contributed by atoms with E-state index in [9.17, 15) is 0 Å². The molecule has 1 saturated heterocycles. The Balaban J connectivity index is 1.89. The fourth-order valence-electron chi connectivity index (χ4n) is 2.36. The van der Waals surface area contributed by atoms with Gasteiger partial charge in [0, 0.05) is 5.56 Å². The molecule has 0 bridgehead atoms. The van der Waals surface area contributed by atoms with Crippen LogP contribution in [0.15, 0.2) is 28.8 Å². The maximum Gasteiger partial charge on any atom is 0.258 e. The molecule has 2 heterocycles. The van der Waals surface area contributed by atoms with Gasteiger partial charge in [0.25, 0.3) is 5.89 Å². The Morgan fingerprint density at radius 2 is 2.26 bits per heavy atom. The molecule has 1 fully saturated rings. The van der Waals surface area contributed by atoms with Crippen molar-refractivity contribution in [1.29, 1.82) is 0 Å². The van der Waals surface area contributed by atoms with E-state index in [1.165, 1.54) is 17.7 Å². The lowest BCUT2D eigenvalue weighted by molar-refractivity contribution is 0.421. The first-order valence-electron chi connectivity index (χ1n) is 6.62. The normalized spacial score (nSPS) is 18.9. The summed E-state index contributed by atoms with van der Waals surface area (Å²) in [5, 5.41) is 4.54. The summed E-state index contributed by atoms with van der Waals surface area (Å²) in [6.07, 6.45) is 3.21. The molecule has 4 nitrogen and oxygen atoms in total. The molecule has 1 aliphatic heterocycles. The van der Waals surface area contributed by atoms with Crippen LogP contribution in [0.5, 0.6) is 0 Å². The molecule has 0 amide bonds. The summed E-state index contributed by atoms with van der Waals surface area (Å²) in [7, 11) is 0. The molecule has 1 unspecified atom stereocenters. The van der Waals surface area contributed by atoms with Gasteiger partial charge in [-0.15, -0.1) is 0 Å². The lowest BCUT2D eigenvalue weighted by atomic mass is 10.0. The molecule has 5 heteroatoms. The summed E-state index contributed by atoms with van der Waals surface area (Å²) in [5.41, 5.74) is 7.82. The minimum Gasteiger partial charge on any atom is -0.334 e. The molecule has 0 aliphatic carbocycles. The number of nitrogens with two attached hydrogens (primary N) is 1. The van der Waals surface area contributed by atoms with Crippen molar-refractivity contribution in [2.45, 2.75) is 24.5 Å². The summed E-state index contributed by atoms with van der Waals surface area (Å²) in [6, 6.07) is 8.09. The highest BCUT2D eigenvalue weighted by atomic mass is 32.2. The van der Waals surface area contributed by atoms with E-state index in [-0.39, 0.29) is 0 Å². The topological polar surface area (TPSA) is 64.9 Å². The standard InChI is InChI=1S/C14H17N3OS/c15-8-7-10-4-1-2-5-11(10)14-16-13(17-18-14)12-6-3-9-19-12/h1-2,4-5,12H,3,6-9,15H2. The van der Waals surface area contributed by atoms with Gasteiger partial charge in [0.05, 0.1) is 5.25 Å². The highest BCUT2D eigenvalue weighted by Gasteiger charge is 2.23. The number of rotatable bonds is 4. The van der Waals surface area contributed by atoms with Crippen molar-refractivity contribution in [3.05, 3.63) is 35.7 Å². The fraction of sp³-hybridized carbons (Fsp3) is 0.429. The van der Waals surface area contributed by atoms with Gasteiger partial charge < -0.3 is 10.3 Å².